The largest absolute Gasteiger partial charge is 0.605 e. The number of rotatable bonds is 6. The molecule has 8 heteroatoms. The summed E-state index contributed by atoms with van der Waals surface area (Å²) in [6.07, 6.45) is 3.09. The van der Waals surface area contributed by atoms with Gasteiger partial charge in [0.15, 0.2) is 11.5 Å². The second-order valence-corrected chi connectivity index (χ2v) is 8.28. The Bertz CT molecular complexity index is 891. The minimum Gasteiger partial charge on any atom is -0.605 e. The number of methoxy groups -OCH3 is 1. The summed E-state index contributed by atoms with van der Waals surface area (Å²) in [5.74, 6) is -0.644. The van der Waals surface area contributed by atoms with Crippen LogP contribution in [0.25, 0.3) is 0 Å². The fourth-order valence-corrected chi connectivity index (χ4v) is 4.14. The highest BCUT2D eigenvalue weighted by molar-refractivity contribution is 9.11. The number of ketones is 2. The minimum absolute atomic E-state index is 0.0454. The Morgan fingerprint density at radius 1 is 1.41 bits per heavy atom. The molecule has 1 aromatic carbocycles. The third-order valence-corrected chi connectivity index (χ3v) is 5.73. The molecular formula is C19H17BrClNO4S. The maximum absolute atomic E-state index is 13.1. The van der Waals surface area contributed by atoms with Gasteiger partial charge in [0, 0.05) is 32.8 Å². The van der Waals surface area contributed by atoms with E-state index in [4.69, 9.17) is 16.3 Å². The van der Waals surface area contributed by atoms with Crippen molar-refractivity contribution in [3.8, 4) is 5.75 Å². The van der Waals surface area contributed by atoms with Crippen molar-refractivity contribution in [2.75, 3.05) is 13.7 Å². The molecule has 142 valence electrons. The summed E-state index contributed by atoms with van der Waals surface area (Å²) in [5.41, 5.74) is 0.0392. The Kier molecular flexibility index (Phi) is 7.49. The number of carbonyl (C=O) groups excluding carboxylic acids is 2. The summed E-state index contributed by atoms with van der Waals surface area (Å²) in [6.45, 7) is 4.95. The molecule has 1 unspecified atom stereocenters. The van der Waals surface area contributed by atoms with Gasteiger partial charge in [-0.1, -0.05) is 46.2 Å². The number of para-hydroxylation sites is 1. The monoisotopic (exact) mass is 469 g/mol. The van der Waals surface area contributed by atoms with Crippen molar-refractivity contribution >= 4 is 50.3 Å². The number of Topliss-reactive ketones (excluding diaryl/α,β-unsaturated/α-hetero) is 2. The lowest BCUT2D eigenvalue weighted by atomic mass is 9.98. The highest BCUT2D eigenvalue weighted by Crippen LogP contribution is 2.32. The van der Waals surface area contributed by atoms with Gasteiger partial charge in [-0.05, 0) is 31.2 Å². The fourth-order valence-electron chi connectivity index (χ4n) is 2.41. The lowest BCUT2D eigenvalue weighted by Gasteiger charge is -2.23. The molecule has 0 aliphatic carbocycles. The van der Waals surface area contributed by atoms with Crippen molar-refractivity contribution in [3.63, 3.8) is 0 Å². The van der Waals surface area contributed by atoms with Crippen LogP contribution >= 0.6 is 27.5 Å². The first-order chi connectivity index (χ1) is 12.8. The molecule has 5 nitrogen and oxygen atoms in total. The fraction of sp³-hybridized carbons (Fsp3) is 0.158. The lowest BCUT2D eigenvalue weighted by molar-refractivity contribution is -0.118. The number of hydrogen-bond donors (Lipinski definition) is 1. The Morgan fingerprint density at radius 3 is 2.67 bits per heavy atom. The number of benzene rings is 1. The average molecular weight is 471 g/mol. The van der Waals surface area contributed by atoms with Crippen LogP contribution in [0.3, 0.4) is 0 Å². The molecule has 0 aromatic heterocycles. The Hall–Kier alpha value is -1.80. The zero-order chi connectivity index (χ0) is 20.1. The van der Waals surface area contributed by atoms with E-state index in [1.165, 1.54) is 20.1 Å². The normalized spacial score (nSPS) is 17.6. The predicted molar refractivity (Wildman–Crippen MR) is 110 cm³/mol. The molecule has 1 aliphatic heterocycles. The zero-order valence-electron chi connectivity index (χ0n) is 14.7. The molecule has 2 rings (SSSR count). The molecule has 1 aromatic rings. The van der Waals surface area contributed by atoms with Gasteiger partial charge in [-0.25, -0.2) is 0 Å². The van der Waals surface area contributed by atoms with Crippen molar-refractivity contribution in [2.45, 2.75) is 11.8 Å². The van der Waals surface area contributed by atoms with E-state index in [2.05, 4.69) is 27.8 Å². The van der Waals surface area contributed by atoms with E-state index in [-0.39, 0.29) is 27.8 Å². The summed E-state index contributed by atoms with van der Waals surface area (Å²) in [7, 11) is 1.46. The number of hydrogen-bond acceptors (Lipinski definition) is 5. The number of allylic oxidation sites excluding steroid dienone is 5. The molecule has 1 N–H and O–H groups in total. The van der Waals surface area contributed by atoms with E-state index in [1.54, 1.807) is 30.3 Å². The van der Waals surface area contributed by atoms with Crippen molar-refractivity contribution in [3.05, 3.63) is 68.7 Å². The number of nitrogens with one attached hydrogen (secondary N) is 1. The summed E-state index contributed by atoms with van der Waals surface area (Å²) in [4.78, 5) is 25.4. The SMILES string of the molecule is C=C(Br)/C=C\C(Cl)=C1/CNC([S+]([O-])c2ccccc2OC)=C(C(C)=O)C1=O. The van der Waals surface area contributed by atoms with Gasteiger partial charge in [0.1, 0.15) is 5.57 Å². The van der Waals surface area contributed by atoms with E-state index >= 15 is 0 Å². The Morgan fingerprint density at radius 2 is 2.07 bits per heavy atom. The second-order valence-electron chi connectivity index (χ2n) is 5.47. The van der Waals surface area contributed by atoms with Crippen molar-refractivity contribution in [1.82, 2.24) is 5.32 Å². The van der Waals surface area contributed by atoms with Crippen LogP contribution in [-0.2, 0) is 20.8 Å². The van der Waals surface area contributed by atoms with Crippen LogP contribution in [0.5, 0.6) is 5.75 Å². The van der Waals surface area contributed by atoms with Crippen molar-refractivity contribution in [1.29, 1.82) is 0 Å². The zero-order valence-corrected chi connectivity index (χ0v) is 17.8. The molecule has 0 radical (unpaired) electrons. The number of ether oxygens (including phenoxy) is 1. The molecule has 27 heavy (non-hydrogen) atoms. The van der Waals surface area contributed by atoms with Crippen LogP contribution in [0, 0.1) is 0 Å². The summed E-state index contributed by atoms with van der Waals surface area (Å²) in [6, 6.07) is 6.72. The minimum atomic E-state index is -1.80. The van der Waals surface area contributed by atoms with Crippen LogP contribution in [-0.4, -0.2) is 29.8 Å². The molecule has 0 saturated carbocycles. The van der Waals surface area contributed by atoms with Crippen LogP contribution in [0.1, 0.15) is 6.92 Å². The van der Waals surface area contributed by atoms with E-state index in [1.807, 2.05) is 0 Å². The molecule has 1 heterocycles. The standard InChI is InChI=1S/C19H17BrClNO4S/c1-11(20)8-9-14(21)13-10-22-19(17(12(2)23)18(13)24)27(25)16-7-5-4-6-15(16)26-3/h4-9,22H,1,10H2,2-3H3/b9-8-,14-13-. The Labute approximate surface area is 174 Å². The van der Waals surface area contributed by atoms with Gasteiger partial charge in [-0.3, -0.25) is 9.59 Å². The number of halogens is 2. The van der Waals surface area contributed by atoms with Gasteiger partial charge >= 0.3 is 0 Å². The quantitative estimate of drug-likeness (QED) is 0.297. The molecule has 0 amide bonds. The lowest BCUT2D eigenvalue weighted by Crippen LogP contribution is -2.36. The highest BCUT2D eigenvalue weighted by Gasteiger charge is 2.37. The first-order valence-corrected chi connectivity index (χ1v) is 10.1. The number of carbonyl (C=O) groups is 2. The summed E-state index contributed by atoms with van der Waals surface area (Å²) < 4.78 is 18.9. The third kappa shape index (κ3) is 4.93. The maximum Gasteiger partial charge on any atom is 0.239 e. The van der Waals surface area contributed by atoms with Crippen LogP contribution in [0.2, 0.25) is 0 Å². The molecular weight excluding hydrogens is 454 g/mol. The van der Waals surface area contributed by atoms with Gasteiger partial charge in [0.25, 0.3) is 0 Å². The van der Waals surface area contributed by atoms with Gasteiger partial charge in [0.05, 0.1) is 7.11 Å². The average Bonchev–Trinajstić information content (AvgIpc) is 2.64. The third-order valence-electron chi connectivity index (χ3n) is 3.66. The molecule has 0 bridgehead atoms. The van der Waals surface area contributed by atoms with E-state index in [0.717, 1.165) is 0 Å². The van der Waals surface area contributed by atoms with Gasteiger partial charge in [-0.2, -0.15) is 0 Å². The first kappa shape index (κ1) is 21.5. The smallest absolute Gasteiger partial charge is 0.239 e. The van der Waals surface area contributed by atoms with Crippen LogP contribution in [0.4, 0.5) is 0 Å². The van der Waals surface area contributed by atoms with Crippen molar-refractivity contribution in [2.24, 2.45) is 0 Å². The molecule has 1 aliphatic rings. The second kappa shape index (κ2) is 9.41. The van der Waals surface area contributed by atoms with Gasteiger partial charge in [0.2, 0.25) is 15.7 Å². The molecule has 0 spiro atoms. The van der Waals surface area contributed by atoms with Gasteiger partial charge < -0.3 is 14.6 Å². The first-order valence-electron chi connectivity index (χ1n) is 7.77. The highest BCUT2D eigenvalue weighted by atomic mass is 79.9. The molecule has 1 atom stereocenters. The molecule has 0 saturated heterocycles. The summed E-state index contributed by atoms with van der Waals surface area (Å²) >= 11 is 7.57. The predicted octanol–water partition coefficient (Wildman–Crippen LogP) is 3.73. The topological polar surface area (TPSA) is 78.5 Å². The van der Waals surface area contributed by atoms with Crippen LogP contribution in [0.15, 0.2) is 73.6 Å². The van der Waals surface area contributed by atoms with Crippen LogP contribution < -0.4 is 10.1 Å². The van der Waals surface area contributed by atoms with Crippen molar-refractivity contribution < 1.29 is 18.9 Å². The van der Waals surface area contributed by atoms with Gasteiger partial charge in [-0.15, -0.1) is 0 Å². The van der Waals surface area contributed by atoms with E-state index in [0.29, 0.717) is 15.1 Å². The summed E-state index contributed by atoms with van der Waals surface area (Å²) in [5, 5.41) is 3.15. The molecule has 0 fully saturated rings. The Balaban J connectivity index is 2.53. The van der Waals surface area contributed by atoms with E-state index in [9.17, 15) is 14.1 Å². The van der Waals surface area contributed by atoms with E-state index < -0.39 is 22.7 Å². The maximum atomic E-state index is 13.1.